The summed E-state index contributed by atoms with van der Waals surface area (Å²) in [6.07, 6.45) is 3.47. The van der Waals surface area contributed by atoms with Gasteiger partial charge in [0.05, 0.1) is 24.5 Å². The predicted octanol–water partition coefficient (Wildman–Crippen LogP) is 3.51. The van der Waals surface area contributed by atoms with E-state index in [9.17, 15) is 9.18 Å². The number of halogens is 1. The third kappa shape index (κ3) is 5.80. The maximum Gasteiger partial charge on any atom is 0.232 e. The highest BCUT2D eigenvalue weighted by atomic mass is 32.2. The molecule has 2 N–H and O–H groups in total. The molecule has 0 fully saturated rings. The Kier molecular flexibility index (Phi) is 6.96. The molecular formula is C22H27FN4O3S. The monoisotopic (exact) mass is 446 g/mol. The maximum atomic E-state index is 14.8. The summed E-state index contributed by atoms with van der Waals surface area (Å²) in [5.74, 6) is -0.268. The smallest absolute Gasteiger partial charge is 0.232 e. The lowest BCUT2D eigenvalue weighted by molar-refractivity contribution is 0.0987. The van der Waals surface area contributed by atoms with E-state index >= 15 is 0 Å². The Morgan fingerprint density at radius 3 is 2.65 bits per heavy atom. The van der Waals surface area contributed by atoms with Crippen molar-refractivity contribution in [1.82, 2.24) is 9.97 Å². The third-order valence-electron chi connectivity index (χ3n) is 4.93. The fourth-order valence-electron chi connectivity index (χ4n) is 3.74. The molecule has 1 aliphatic rings. The number of thioether (sulfide) groups is 1. The molecule has 0 saturated heterocycles. The van der Waals surface area contributed by atoms with Gasteiger partial charge in [-0.05, 0) is 31.0 Å². The van der Waals surface area contributed by atoms with Crippen LogP contribution in [0.5, 0.6) is 5.88 Å². The van der Waals surface area contributed by atoms with E-state index in [1.165, 1.54) is 30.2 Å². The van der Waals surface area contributed by atoms with E-state index in [1.54, 1.807) is 19.2 Å². The summed E-state index contributed by atoms with van der Waals surface area (Å²) < 4.78 is 24.8. The van der Waals surface area contributed by atoms with Crippen molar-refractivity contribution in [3.05, 3.63) is 53.2 Å². The Bertz CT molecular complexity index is 981. The van der Waals surface area contributed by atoms with Gasteiger partial charge in [0.1, 0.15) is 18.1 Å². The van der Waals surface area contributed by atoms with Gasteiger partial charge in [-0.2, -0.15) is 0 Å². The number of benzene rings is 1. The quantitative estimate of drug-likeness (QED) is 0.489. The number of aliphatic imine (C=N–C) groups is 1. The Labute approximate surface area is 185 Å². The number of ketones is 1. The van der Waals surface area contributed by atoms with Gasteiger partial charge in [0, 0.05) is 23.8 Å². The summed E-state index contributed by atoms with van der Waals surface area (Å²) in [4.78, 5) is 25.5. The van der Waals surface area contributed by atoms with Gasteiger partial charge in [-0.25, -0.2) is 14.4 Å². The van der Waals surface area contributed by atoms with Crippen molar-refractivity contribution in [2.75, 3.05) is 20.3 Å². The lowest BCUT2D eigenvalue weighted by Crippen LogP contribution is -2.38. The molecule has 0 saturated carbocycles. The van der Waals surface area contributed by atoms with Crippen LogP contribution in [0.4, 0.5) is 4.39 Å². The van der Waals surface area contributed by atoms with Crippen LogP contribution in [-0.2, 0) is 16.7 Å². The molecule has 0 amide bonds. The second kappa shape index (κ2) is 9.32. The molecular weight excluding hydrogens is 419 g/mol. The van der Waals surface area contributed by atoms with Crippen LogP contribution in [0.2, 0.25) is 0 Å². The molecule has 1 aromatic carbocycles. The van der Waals surface area contributed by atoms with E-state index in [0.29, 0.717) is 41.8 Å². The molecule has 0 radical (unpaired) electrons. The van der Waals surface area contributed by atoms with Crippen molar-refractivity contribution in [3.8, 4) is 5.88 Å². The number of carbonyl (C=O) groups excluding carboxylic acids is 1. The second-order valence-corrected chi connectivity index (χ2v) is 9.99. The number of methoxy groups -OCH3 is 1. The first-order valence-electron chi connectivity index (χ1n) is 9.92. The highest BCUT2D eigenvalue weighted by Crippen LogP contribution is 2.45. The largest absolute Gasteiger partial charge is 0.474 e. The van der Waals surface area contributed by atoms with Crippen LogP contribution >= 0.6 is 11.8 Å². The van der Waals surface area contributed by atoms with Crippen LogP contribution in [0.1, 0.15) is 48.8 Å². The molecule has 1 aromatic heterocycles. The van der Waals surface area contributed by atoms with Gasteiger partial charge in [-0.1, -0.05) is 31.7 Å². The van der Waals surface area contributed by atoms with Crippen molar-refractivity contribution in [2.45, 2.75) is 43.9 Å². The van der Waals surface area contributed by atoms with E-state index < -0.39 is 5.54 Å². The van der Waals surface area contributed by atoms with Crippen LogP contribution in [0.3, 0.4) is 0 Å². The number of Topliss-reactive ketones (excluding diaryl/α,β-unsaturated/α-hetero) is 1. The normalized spacial score (nSPS) is 20.2. The fraction of sp³-hybridized carbons (Fsp3) is 0.455. The minimum atomic E-state index is -0.803. The molecule has 3 rings (SSSR count). The number of amidine groups is 1. The zero-order chi connectivity index (χ0) is 22.6. The van der Waals surface area contributed by atoms with Gasteiger partial charge in [0.2, 0.25) is 5.88 Å². The standard InChI is InChI=1S/C22H27FN4O3S/c1-21(2)13-22(3,27-20(24)31-21)15-9-14(5-6-16(15)23)10-18(28)17-11-26-19(12-25-17)30-8-7-29-4/h5-6,9,11-12H,7-8,10,13H2,1-4H3,(H2,24,27)/t22-/m0/s1. The second-order valence-electron chi connectivity index (χ2n) is 8.26. The Morgan fingerprint density at radius 2 is 2.00 bits per heavy atom. The molecule has 9 heteroatoms. The van der Waals surface area contributed by atoms with Crippen molar-refractivity contribution >= 4 is 22.7 Å². The van der Waals surface area contributed by atoms with Gasteiger partial charge in [-0.3, -0.25) is 9.79 Å². The molecule has 1 atom stereocenters. The average Bonchev–Trinajstić information content (AvgIpc) is 2.68. The Morgan fingerprint density at radius 1 is 1.23 bits per heavy atom. The van der Waals surface area contributed by atoms with E-state index in [-0.39, 0.29) is 28.5 Å². The van der Waals surface area contributed by atoms with Crippen molar-refractivity contribution in [3.63, 3.8) is 0 Å². The minimum absolute atomic E-state index is 0.0687. The van der Waals surface area contributed by atoms with E-state index in [0.717, 1.165) is 0 Å². The van der Waals surface area contributed by atoms with Crippen molar-refractivity contribution in [2.24, 2.45) is 10.7 Å². The average molecular weight is 447 g/mol. The van der Waals surface area contributed by atoms with E-state index in [4.69, 9.17) is 15.2 Å². The number of hydrogen-bond donors (Lipinski definition) is 1. The van der Waals surface area contributed by atoms with Crippen molar-refractivity contribution in [1.29, 1.82) is 0 Å². The van der Waals surface area contributed by atoms with Crippen LogP contribution in [0.25, 0.3) is 0 Å². The molecule has 7 nitrogen and oxygen atoms in total. The molecule has 0 bridgehead atoms. The number of carbonyl (C=O) groups is 1. The Balaban J connectivity index is 1.77. The summed E-state index contributed by atoms with van der Waals surface area (Å²) in [5, 5.41) is 0.433. The molecule has 31 heavy (non-hydrogen) atoms. The van der Waals surface area contributed by atoms with Crippen LogP contribution in [0.15, 0.2) is 35.6 Å². The van der Waals surface area contributed by atoms with E-state index in [1.807, 2.05) is 6.92 Å². The summed E-state index contributed by atoms with van der Waals surface area (Å²) in [6.45, 7) is 6.77. The fourth-order valence-corrected chi connectivity index (χ4v) is 4.91. The number of nitrogens with two attached hydrogens (primary N) is 1. The molecule has 2 heterocycles. The van der Waals surface area contributed by atoms with Gasteiger partial charge in [-0.15, -0.1) is 0 Å². The van der Waals surface area contributed by atoms with Gasteiger partial charge in [0.15, 0.2) is 11.0 Å². The molecule has 1 aliphatic heterocycles. The van der Waals surface area contributed by atoms with E-state index in [2.05, 4.69) is 28.8 Å². The van der Waals surface area contributed by atoms with Gasteiger partial charge < -0.3 is 15.2 Å². The molecule has 0 spiro atoms. The van der Waals surface area contributed by atoms with Crippen LogP contribution in [-0.4, -0.2) is 46.0 Å². The highest BCUT2D eigenvalue weighted by Gasteiger charge is 2.40. The first-order valence-corrected chi connectivity index (χ1v) is 10.7. The highest BCUT2D eigenvalue weighted by molar-refractivity contribution is 8.15. The lowest BCUT2D eigenvalue weighted by atomic mass is 9.82. The predicted molar refractivity (Wildman–Crippen MR) is 119 cm³/mol. The molecule has 0 unspecified atom stereocenters. The molecule has 2 aromatic rings. The SMILES string of the molecule is COCCOc1cnc(C(=O)Cc2ccc(F)c([C@]3(C)CC(C)(C)SC(N)=N3)c2)cn1. The molecule has 0 aliphatic carbocycles. The minimum Gasteiger partial charge on any atom is -0.474 e. The number of rotatable bonds is 8. The maximum absolute atomic E-state index is 14.8. The first kappa shape index (κ1) is 23.1. The summed E-state index contributed by atoms with van der Waals surface area (Å²) in [6, 6.07) is 4.68. The zero-order valence-electron chi connectivity index (χ0n) is 18.1. The summed E-state index contributed by atoms with van der Waals surface area (Å²) in [7, 11) is 1.58. The first-order chi connectivity index (χ1) is 14.6. The topological polar surface area (TPSA) is 99.7 Å². The summed E-state index contributed by atoms with van der Waals surface area (Å²) >= 11 is 1.48. The van der Waals surface area contributed by atoms with Crippen LogP contribution < -0.4 is 10.5 Å². The number of aromatic nitrogens is 2. The molecule has 166 valence electrons. The lowest BCUT2D eigenvalue weighted by Gasteiger charge is -2.39. The number of hydrogen-bond acceptors (Lipinski definition) is 8. The van der Waals surface area contributed by atoms with Crippen LogP contribution in [0, 0.1) is 5.82 Å². The van der Waals surface area contributed by atoms with Crippen molar-refractivity contribution < 1.29 is 18.7 Å². The zero-order valence-corrected chi connectivity index (χ0v) is 19.0. The number of nitrogens with zero attached hydrogens (tertiary/aromatic N) is 3. The Hall–Kier alpha value is -2.52. The van der Waals surface area contributed by atoms with Gasteiger partial charge >= 0.3 is 0 Å². The number of ether oxygens (including phenoxy) is 2. The van der Waals surface area contributed by atoms with Gasteiger partial charge in [0.25, 0.3) is 0 Å². The third-order valence-corrected chi connectivity index (χ3v) is 5.93. The summed E-state index contributed by atoms with van der Waals surface area (Å²) in [5.41, 5.74) is 6.54.